The number of carbonyl (C=O) groups excluding carboxylic acids is 1. The van der Waals surface area contributed by atoms with E-state index in [-0.39, 0.29) is 17.9 Å². The number of alkyl halides is 1. The molecule has 1 saturated heterocycles. The number of nitrogens with zero attached hydrogens (tertiary/aromatic N) is 7. The first kappa shape index (κ1) is 28.9. The summed E-state index contributed by atoms with van der Waals surface area (Å²) in [6.07, 6.45) is 5.82. The molecule has 3 aromatic heterocycles. The molecule has 3 atom stereocenters. The minimum atomic E-state index is -1.38. The topological polar surface area (TPSA) is 117 Å². The van der Waals surface area contributed by atoms with Crippen molar-refractivity contribution in [2.24, 2.45) is 7.05 Å². The van der Waals surface area contributed by atoms with Gasteiger partial charge in [0.25, 0.3) is 0 Å². The molecule has 1 aliphatic rings. The van der Waals surface area contributed by atoms with Gasteiger partial charge >= 0.3 is 6.09 Å². The lowest BCUT2D eigenvalue weighted by Gasteiger charge is -2.35. The van der Waals surface area contributed by atoms with Crippen molar-refractivity contribution in [3.05, 3.63) is 82.8 Å². The van der Waals surface area contributed by atoms with E-state index in [1.807, 2.05) is 44.4 Å². The lowest BCUT2D eigenvalue weighted by molar-refractivity contribution is -0.0106. The van der Waals surface area contributed by atoms with Crippen LogP contribution in [-0.4, -0.2) is 71.5 Å². The quantitative estimate of drug-likeness (QED) is 0.334. The highest BCUT2D eigenvalue weighted by Crippen LogP contribution is 2.27. The number of aromatic nitrogens is 6. The molecule has 4 heterocycles. The molecule has 0 spiro atoms. The van der Waals surface area contributed by atoms with Crippen LogP contribution >= 0.6 is 0 Å². The van der Waals surface area contributed by atoms with Crippen LogP contribution in [0.3, 0.4) is 0 Å². The first-order valence-corrected chi connectivity index (χ1v) is 13.8. The Kier molecular flexibility index (Phi) is 8.06. The van der Waals surface area contributed by atoms with Gasteiger partial charge in [0.1, 0.15) is 23.1 Å². The number of carbonyl (C=O) groups is 1. The summed E-state index contributed by atoms with van der Waals surface area (Å²) in [5, 5.41) is 8.75. The number of benzene rings is 1. The third-order valence-electron chi connectivity index (χ3n) is 6.89. The fraction of sp³-hybridized carbons (Fsp3) is 0.400. The molecule has 42 heavy (non-hydrogen) atoms. The van der Waals surface area contributed by atoms with E-state index in [1.165, 1.54) is 23.4 Å². The highest BCUT2D eigenvalue weighted by Gasteiger charge is 2.35. The van der Waals surface area contributed by atoms with Gasteiger partial charge in [-0.3, -0.25) is 9.48 Å². The van der Waals surface area contributed by atoms with E-state index in [0.29, 0.717) is 30.2 Å². The summed E-state index contributed by atoms with van der Waals surface area (Å²) in [7, 11) is 1.82. The Labute approximate surface area is 242 Å². The van der Waals surface area contributed by atoms with Gasteiger partial charge in [0, 0.05) is 43.8 Å². The molecule has 0 bridgehead atoms. The lowest BCUT2D eigenvalue weighted by atomic mass is 9.95. The van der Waals surface area contributed by atoms with Gasteiger partial charge in [0.05, 0.1) is 31.3 Å². The van der Waals surface area contributed by atoms with Crippen LogP contribution in [0.1, 0.15) is 51.3 Å². The van der Waals surface area contributed by atoms with Crippen LogP contribution in [-0.2, 0) is 11.8 Å². The Morgan fingerprint density at radius 2 is 1.90 bits per heavy atom. The number of halogens is 1. The van der Waals surface area contributed by atoms with Crippen LogP contribution in [0.2, 0.25) is 0 Å². The van der Waals surface area contributed by atoms with E-state index in [2.05, 4.69) is 20.2 Å². The zero-order valence-electron chi connectivity index (χ0n) is 24.3. The minimum absolute atomic E-state index is 0.104. The van der Waals surface area contributed by atoms with E-state index in [4.69, 9.17) is 9.47 Å². The van der Waals surface area contributed by atoms with Crippen molar-refractivity contribution in [3.63, 3.8) is 0 Å². The average molecular weight is 576 g/mol. The molecule has 12 heteroatoms. The van der Waals surface area contributed by atoms with Crippen molar-refractivity contribution in [2.45, 2.75) is 57.9 Å². The van der Waals surface area contributed by atoms with E-state index < -0.39 is 24.0 Å². The van der Waals surface area contributed by atoms with Gasteiger partial charge in [-0.15, -0.1) is 0 Å². The second-order valence-corrected chi connectivity index (χ2v) is 11.4. The van der Waals surface area contributed by atoms with Gasteiger partial charge < -0.3 is 14.4 Å². The monoisotopic (exact) mass is 575 g/mol. The zero-order valence-corrected chi connectivity index (χ0v) is 24.3. The van der Waals surface area contributed by atoms with Gasteiger partial charge in [0.2, 0.25) is 5.43 Å². The largest absolute Gasteiger partial charge is 0.484 e. The predicted molar refractivity (Wildman–Crippen MR) is 153 cm³/mol. The number of aryl methyl sites for hydroxylation is 1. The summed E-state index contributed by atoms with van der Waals surface area (Å²) in [5.41, 5.74) is 1.98. The molecule has 4 aromatic rings. The van der Waals surface area contributed by atoms with Crippen molar-refractivity contribution in [3.8, 4) is 22.8 Å². The maximum Gasteiger partial charge on any atom is 0.410 e. The van der Waals surface area contributed by atoms with Crippen molar-refractivity contribution < 1.29 is 18.7 Å². The molecule has 0 saturated carbocycles. The van der Waals surface area contributed by atoms with Crippen molar-refractivity contribution in [1.29, 1.82) is 0 Å². The van der Waals surface area contributed by atoms with Crippen LogP contribution in [0, 0.1) is 0 Å². The Balaban J connectivity index is 1.26. The molecular formula is C30H34FN7O4. The summed E-state index contributed by atoms with van der Waals surface area (Å²) < 4.78 is 29.4. The average Bonchev–Trinajstić information content (AvgIpc) is 3.39. The van der Waals surface area contributed by atoms with E-state index >= 15 is 0 Å². The highest BCUT2D eigenvalue weighted by atomic mass is 19.1. The third-order valence-corrected chi connectivity index (χ3v) is 6.89. The number of piperidine rings is 1. The summed E-state index contributed by atoms with van der Waals surface area (Å²) in [5.74, 6) is 0.505. The standard InChI is InChI=1S/C30H34FN7O4/c1-19(27-25(39)9-12-38(35-27)22-14-34-36(5)17-22)20-7-6-8-21(13-20)28-32-15-23(16-33-28)41-26-10-11-37(18-24(26)31)29(40)42-30(2,3)4/h6-9,12-17,19,24,26H,10-11,18H2,1-5H3/t19?,24-,26-/m0/s1. The Bertz CT molecular complexity index is 1610. The van der Waals surface area contributed by atoms with Gasteiger partial charge in [0.15, 0.2) is 17.7 Å². The Hall–Kier alpha value is -4.61. The first-order chi connectivity index (χ1) is 20.0. The fourth-order valence-corrected chi connectivity index (χ4v) is 4.71. The maximum absolute atomic E-state index is 14.9. The van der Waals surface area contributed by atoms with Gasteiger partial charge in [-0.1, -0.05) is 25.1 Å². The summed E-state index contributed by atoms with van der Waals surface area (Å²) in [6, 6.07) is 9.11. The van der Waals surface area contributed by atoms with E-state index in [9.17, 15) is 14.0 Å². The van der Waals surface area contributed by atoms with Crippen LogP contribution in [0.4, 0.5) is 9.18 Å². The van der Waals surface area contributed by atoms with Crippen molar-refractivity contribution in [1.82, 2.24) is 34.4 Å². The zero-order chi connectivity index (χ0) is 30.0. The molecule has 0 radical (unpaired) electrons. The Morgan fingerprint density at radius 1 is 1.14 bits per heavy atom. The van der Waals surface area contributed by atoms with Gasteiger partial charge in [-0.25, -0.2) is 23.8 Å². The molecule has 0 aliphatic carbocycles. The Morgan fingerprint density at radius 3 is 2.57 bits per heavy atom. The first-order valence-electron chi connectivity index (χ1n) is 13.8. The molecule has 1 aromatic carbocycles. The smallest absolute Gasteiger partial charge is 0.410 e. The van der Waals surface area contributed by atoms with Crippen LogP contribution in [0.5, 0.6) is 5.75 Å². The predicted octanol–water partition coefficient (Wildman–Crippen LogP) is 4.30. The highest BCUT2D eigenvalue weighted by molar-refractivity contribution is 5.68. The molecule has 1 unspecified atom stereocenters. The van der Waals surface area contributed by atoms with Gasteiger partial charge in [-0.05, 0) is 32.4 Å². The maximum atomic E-state index is 14.9. The molecule has 5 rings (SSSR count). The normalized spacial score (nSPS) is 18.0. The number of hydrogen-bond donors (Lipinski definition) is 0. The molecule has 1 aliphatic heterocycles. The molecule has 11 nitrogen and oxygen atoms in total. The summed E-state index contributed by atoms with van der Waals surface area (Å²) in [4.78, 5) is 35.2. The van der Waals surface area contributed by atoms with Crippen molar-refractivity contribution in [2.75, 3.05) is 13.1 Å². The van der Waals surface area contributed by atoms with Crippen molar-refractivity contribution >= 4 is 6.09 Å². The number of likely N-dealkylation sites (tertiary alicyclic amines) is 1. The SMILES string of the molecule is CC(c1cccc(-c2ncc(O[C@H]3CCN(C(=O)OC(C)(C)C)C[C@@H]3F)cn2)c1)c1nn(-c2cnn(C)c2)ccc1=O. The number of ether oxygens (including phenoxy) is 2. The number of rotatable bonds is 6. The minimum Gasteiger partial charge on any atom is -0.484 e. The lowest BCUT2D eigenvalue weighted by Crippen LogP contribution is -2.50. The molecule has 220 valence electrons. The van der Waals surface area contributed by atoms with Gasteiger partial charge in [-0.2, -0.15) is 10.2 Å². The molecule has 1 fully saturated rings. The second-order valence-electron chi connectivity index (χ2n) is 11.4. The third kappa shape index (κ3) is 6.64. The number of hydrogen-bond acceptors (Lipinski definition) is 8. The molecule has 0 N–H and O–H groups in total. The second kappa shape index (κ2) is 11.7. The van der Waals surface area contributed by atoms with Crippen LogP contribution in [0.15, 0.2) is 66.1 Å². The fourth-order valence-electron chi connectivity index (χ4n) is 4.71. The van der Waals surface area contributed by atoms with E-state index in [0.717, 1.165) is 16.8 Å². The number of amides is 1. The summed E-state index contributed by atoms with van der Waals surface area (Å²) >= 11 is 0. The van der Waals surface area contributed by atoms with E-state index in [1.54, 1.807) is 42.5 Å². The molecule has 1 amide bonds. The molecular weight excluding hydrogens is 541 g/mol. The summed E-state index contributed by atoms with van der Waals surface area (Å²) in [6.45, 7) is 7.47. The van der Waals surface area contributed by atoms with Crippen LogP contribution in [0.25, 0.3) is 17.1 Å². The van der Waals surface area contributed by atoms with Crippen LogP contribution < -0.4 is 10.2 Å².